The lowest BCUT2D eigenvalue weighted by Gasteiger charge is -2.08. The van der Waals surface area contributed by atoms with Gasteiger partial charge in [-0.05, 0) is 83.8 Å². The summed E-state index contributed by atoms with van der Waals surface area (Å²) < 4.78 is 9.99. The van der Waals surface area contributed by atoms with Crippen LogP contribution in [-0.2, 0) is 19.1 Å². The summed E-state index contributed by atoms with van der Waals surface area (Å²) >= 11 is 0. The third-order valence-corrected chi connectivity index (χ3v) is 5.51. The largest absolute Gasteiger partial charge is 0.504 e. The maximum Gasteiger partial charge on any atom is 0.343 e. The summed E-state index contributed by atoms with van der Waals surface area (Å²) in [7, 11) is 0. The summed E-state index contributed by atoms with van der Waals surface area (Å²) in [6, 6.07) is 0. The van der Waals surface area contributed by atoms with Gasteiger partial charge < -0.3 is 14.6 Å². The van der Waals surface area contributed by atoms with Gasteiger partial charge >= 0.3 is 11.9 Å². The molecule has 0 unspecified atom stereocenters. The zero-order chi connectivity index (χ0) is 22.1. The van der Waals surface area contributed by atoms with Crippen molar-refractivity contribution in [2.75, 3.05) is 6.61 Å². The van der Waals surface area contributed by atoms with Gasteiger partial charge in [-0.1, -0.05) is 30.2 Å². The molecule has 0 aromatic heterocycles. The first-order valence-corrected chi connectivity index (χ1v) is 10.8. The first-order chi connectivity index (χ1) is 14.3. The van der Waals surface area contributed by atoms with Gasteiger partial charge in [0.25, 0.3) is 0 Å². The molecular weight excluding hydrogens is 380 g/mol. The van der Waals surface area contributed by atoms with Crippen LogP contribution >= 0.6 is 0 Å². The van der Waals surface area contributed by atoms with Crippen molar-refractivity contribution < 1.29 is 24.2 Å². The molecule has 0 spiro atoms. The van der Waals surface area contributed by atoms with Gasteiger partial charge in [-0.3, -0.25) is 0 Å². The molecule has 0 saturated carbocycles. The molecule has 1 N–H and O–H groups in total. The number of esters is 2. The van der Waals surface area contributed by atoms with Crippen molar-refractivity contribution in [3.8, 4) is 0 Å². The molecule has 1 atom stereocenters. The first kappa shape index (κ1) is 23.7. The van der Waals surface area contributed by atoms with Gasteiger partial charge in [0.1, 0.15) is 6.61 Å². The van der Waals surface area contributed by atoms with Crippen molar-refractivity contribution >= 4 is 11.9 Å². The smallest absolute Gasteiger partial charge is 0.343 e. The second-order valence-corrected chi connectivity index (χ2v) is 8.27. The average Bonchev–Trinajstić information content (AvgIpc) is 3.20. The summed E-state index contributed by atoms with van der Waals surface area (Å²) in [5.74, 6) is -0.150. The van der Waals surface area contributed by atoms with Gasteiger partial charge in [0.05, 0.1) is 5.57 Å². The maximum atomic E-state index is 11.4. The average molecular weight is 415 g/mol. The molecule has 0 aromatic carbocycles. The lowest BCUT2D eigenvalue weighted by molar-refractivity contribution is -0.136. The topological polar surface area (TPSA) is 72.8 Å². The van der Waals surface area contributed by atoms with E-state index in [1.54, 1.807) is 6.92 Å². The van der Waals surface area contributed by atoms with E-state index in [1.807, 2.05) is 12.2 Å². The molecule has 2 aliphatic heterocycles. The summed E-state index contributed by atoms with van der Waals surface area (Å²) in [5, 5.41) is 9.88. The molecule has 0 aromatic rings. The molecule has 2 heterocycles. The number of aliphatic hydroxyl groups excluding tert-OH is 1. The van der Waals surface area contributed by atoms with E-state index in [0.717, 1.165) is 50.5 Å². The van der Waals surface area contributed by atoms with Crippen molar-refractivity contribution in [2.24, 2.45) is 5.92 Å². The van der Waals surface area contributed by atoms with Crippen molar-refractivity contribution in [1.29, 1.82) is 0 Å². The van der Waals surface area contributed by atoms with Gasteiger partial charge in [-0.2, -0.15) is 0 Å². The van der Waals surface area contributed by atoms with Gasteiger partial charge in [-0.15, -0.1) is 0 Å². The normalized spacial score (nSPS) is 20.0. The minimum Gasteiger partial charge on any atom is -0.504 e. The highest BCUT2D eigenvalue weighted by Gasteiger charge is 2.26. The van der Waals surface area contributed by atoms with Gasteiger partial charge in [0, 0.05) is 5.57 Å². The number of carbonyl (C=O) groups excluding carboxylic acids is 2. The van der Waals surface area contributed by atoms with Crippen LogP contribution in [0.4, 0.5) is 0 Å². The molecule has 0 bridgehead atoms. The first-order valence-electron chi connectivity index (χ1n) is 10.8. The van der Waals surface area contributed by atoms with Crippen molar-refractivity contribution in [3.63, 3.8) is 0 Å². The molecule has 164 valence electrons. The van der Waals surface area contributed by atoms with E-state index >= 15 is 0 Å². The van der Waals surface area contributed by atoms with Gasteiger partial charge in [-0.25, -0.2) is 9.59 Å². The zero-order valence-electron chi connectivity index (χ0n) is 18.6. The number of hydrogen-bond acceptors (Lipinski definition) is 5. The van der Waals surface area contributed by atoms with E-state index < -0.39 is 5.97 Å². The molecule has 2 aliphatic rings. The number of rotatable bonds is 11. The standard InChI is InChI=1S/C25H34O5/c1-17(8-5-9-18(2)11-7-13-21-14-15-29-25(21)28)10-6-12-19(3)16-22-23(26)20(4)24(27)30-22/h8,11,14,16,19,26H,5-7,9-10,12-13,15H2,1-4H3/b17-8+,18-11+,22-16-/t19-/m0/s1. The van der Waals surface area contributed by atoms with Crippen LogP contribution in [0.25, 0.3) is 0 Å². The molecule has 30 heavy (non-hydrogen) atoms. The maximum absolute atomic E-state index is 11.4. The highest BCUT2D eigenvalue weighted by molar-refractivity contribution is 5.93. The Balaban J connectivity index is 1.63. The van der Waals surface area contributed by atoms with Crippen LogP contribution in [0.5, 0.6) is 0 Å². The van der Waals surface area contributed by atoms with Crippen molar-refractivity contribution in [2.45, 2.75) is 72.6 Å². The Hall–Kier alpha value is -2.56. The van der Waals surface area contributed by atoms with E-state index in [1.165, 1.54) is 11.1 Å². The molecule has 5 nitrogen and oxygen atoms in total. The predicted molar refractivity (Wildman–Crippen MR) is 118 cm³/mol. The molecule has 0 radical (unpaired) electrons. The minimum atomic E-state index is -0.466. The van der Waals surface area contributed by atoms with Crippen LogP contribution < -0.4 is 0 Å². The molecule has 0 aliphatic carbocycles. The lowest BCUT2D eigenvalue weighted by atomic mass is 9.99. The Kier molecular flexibility index (Phi) is 9.15. The van der Waals surface area contributed by atoms with Gasteiger partial charge in [0.2, 0.25) is 0 Å². The Labute approximate surface area is 179 Å². The van der Waals surface area contributed by atoms with Crippen LogP contribution in [0, 0.1) is 5.92 Å². The van der Waals surface area contributed by atoms with E-state index in [9.17, 15) is 14.7 Å². The third kappa shape index (κ3) is 7.36. The highest BCUT2D eigenvalue weighted by atomic mass is 16.6. The fraction of sp³-hybridized carbons (Fsp3) is 0.520. The Bertz CT molecular complexity index is 807. The van der Waals surface area contributed by atoms with Crippen LogP contribution in [0.3, 0.4) is 0 Å². The van der Waals surface area contributed by atoms with E-state index in [2.05, 4.69) is 32.9 Å². The zero-order valence-corrected chi connectivity index (χ0v) is 18.6. The summed E-state index contributed by atoms with van der Waals surface area (Å²) in [6.45, 7) is 8.36. The number of cyclic esters (lactones) is 2. The number of hydrogen-bond donors (Lipinski definition) is 1. The minimum absolute atomic E-state index is 0.0359. The Morgan fingerprint density at radius 3 is 2.47 bits per heavy atom. The van der Waals surface area contributed by atoms with E-state index in [4.69, 9.17) is 9.47 Å². The van der Waals surface area contributed by atoms with Crippen LogP contribution in [0.2, 0.25) is 0 Å². The van der Waals surface area contributed by atoms with Crippen LogP contribution in [-0.4, -0.2) is 23.7 Å². The number of aliphatic hydroxyl groups is 1. The molecule has 2 rings (SSSR count). The number of ether oxygens (including phenoxy) is 2. The summed E-state index contributed by atoms with van der Waals surface area (Å²) in [6.07, 6.45) is 14.9. The molecular formula is C25H34O5. The molecule has 0 fully saturated rings. The summed E-state index contributed by atoms with van der Waals surface area (Å²) in [5.41, 5.74) is 3.80. The predicted octanol–water partition coefficient (Wildman–Crippen LogP) is 6.00. The quantitative estimate of drug-likeness (QED) is 0.331. The number of carbonyl (C=O) groups is 2. The highest BCUT2D eigenvalue weighted by Crippen LogP contribution is 2.26. The van der Waals surface area contributed by atoms with Crippen molar-refractivity contribution in [1.82, 2.24) is 0 Å². The number of allylic oxidation sites excluding steroid dienone is 5. The molecule has 5 heteroatoms. The van der Waals surface area contributed by atoms with Gasteiger partial charge in [0.15, 0.2) is 11.5 Å². The van der Waals surface area contributed by atoms with Crippen LogP contribution in [0.15, 0.2) is 58.1 Å². The fourth-order valence-corrected chi connectivity index (χ4v) is 3.49. The SMILES string of the molecule is CC1=C(O)/C(=C/[C@@H](C)CCC/C(C)=C/CC/C(C)=C/CCC2=CCOC2=O)OC1=O. The van der Waals surface area contributed by atoms with E-state index in [0.29, 0.717) is 12.4 Å². The van der Waals surface area contributed by atoms with Crippen LogP contribution in [0.1, 0.15) is 72.6 Å². The fourth-order valence-electron chi connectivity index (χ4n) is 3.49. The Morgan fingerprint density at radius 2 is 1.83 bits per heavy atom. The second-order valence-electron chi connectivity index (χ2n) is 8.27. The lowest BCUT2D eigenvalue weighted by Crippen LogP contribution is -1.98. The van der Waals surface area contributed by atoms with Crippen molar-refractivity contribution in [3.05, 3.63) is 58.1 Å². The van der Waals surface area contributed by atoms with E-state index in [-0.39, 0.29) is 23.2 Å². The Morgan fingerprint density at radius 1 is 1.13 bits per heavy atom. The third-order valence-electron chi connectivity index (χ3n) is 5.51. The molecule has 0 amide bonds. The second kappa shape index (κ2) is 11.6. The summed E-state index contributed by atoms with van der Waals surface area (Å²) in [4.78, 5) is 22.8. The molecule has 0 saturated heterocycles. The monoisotopic (exact) mass is 414 g/mol.